The predicted molar refractivity (Wildman–Crippen MR) is 67.6 cm³/mol. The van der Waals surface area contributed by atoms with E-state index in [1.165, 1.54) is 24.3 Å². The van der Waals surface area contributed by atoms with Gasteiger partial charge in [-0.2, -0.15) is 18.3 Å². The molecule has 1 aromatic carbocycles. The maximum atomic E-state index is 13.7. The highest BCUT2D eigenvalue weighted by atomic mass is 35.5. The van der Waals surface area contributed by atoms with Gasteiger partial charge in [-0.05, 0) is 18.2 Å². The van der Waals surface area contributed by atoms with E-state index in [2.05, 4.69) is 5.10 Å². The maximum Gasteiger partial charge on any atom is 0.438 e. The van der Waals surface area contributed by atoms with Crippen molar-refractivity contribution in [3.8, 4) is 0 Å². The van der Waals surface area contributed by atoms with E-state index in [9.17, 15) is 22.4 Å². The minimum atomic E-state index is -4.94. The van der Waals surface area contributed by atoms with Crippen LogP contribution in [0.3, 0.4) is 0 Å². The molecule has 1 heterocycles. The second-order valence-electron chi connectivity index (χ2n) is 4.10. The number of halogens is 5. The third kappa shape index (κ3) is 3.15. The van der Waals surface area contributed by atoms with Crippen LogP contribution in [0, 0.1) is 5.82 Å². The van der Waals surface area contributed by atoms with Crippen LogP contribution >= 0.6 is 11.6 Å². The summed E-state index contributed by atoms with van der Waals surface area (Å²) in [4.78, 5) is 11.9. The molecule has 0 aliphatic heterocycles. The summed E-state index contributed by atoms with van der Waals surface area (Å²) in [5.41, 5.74) is -1.61. The Labute approximate surface area is 121 Å². The molecule has 0 unspecified atom stereocenters. The Morgan fingerprint density at radius 3 is 2.57 bits per heavy atom. The minimum Gasteiger partial charge on any atom is -0.304 e. The summed E-state index contributed by atoms with van der Waals surface area (Å²) in [6.45, 7) is 0. The highest BCUT2D eigenvalue weighted by molar-refractivity contribution is 6.31. The van der Waals surface area contributed by atoms with E-state index < -0.39 is 29.4 Å². The molecule has 0 aliphatic carbocycles. The first-order valence-electron chi connectivity index (χ1n) is 5.56. The van der Waals surface area contributed by atoms with Gasteiger partial charge in [0.1, 0.15) is 0 Å². The van der Waals surface area contributed by atoms with Crippen molar-refractivity contribution in [2.45, 2.75) is 6.18 Å². The lowest BCUT2D eigenvalue weighted by Gasteiger charge is -2.05. The Morgan fingerprint density at radius 2 is 2.05 bits per heavy atom. The average Bonchev–Trinajstić information content (AvgIpc) is 2.66. The smallest absolute Gasteiger partial charge is 0.304 e. The van der Waals surface area contributed by atoms with E-state index in [0.29, 0.717) is 4.68 Å². The van der Waals surface area contributed by atoms with E-state index in [1.807, 2.05) is 5.32 Å². The Morgan fingerprint density at radius 1 is 1.38 bits per heavy atom. The van der Waals surface area contributed by atoms with Crippen molar-refractivity contribution in [3.63, 3.8) is 0 Å². The summed E-state index contributed by atoms with van der Waals surface area (Å²) in [7, 11) is 1.09. The van der Waals surface area contributed by atoms with Gasteiger partial charge in [0.2, 0.25) is 5.69 Å². The van der Waals surface area contributed by atoms with Crippen LogP contribution in [-0.4, -0.2) is 15.7 Å². The third-order valence-corrected chi connectivity index (χ3v) is 2.81. The molecule has 2 rings (SSSR count). The summed E-state index contributed by atoms with van der Waals surface area (Å²) in [6, 6.07) is 5.69. The number of carbonyl (C=O) groups excluding carboxylic acids is 1. The highest BCUT2D eigenvalue weighted by Gasteiger charge is 2.40. The van der Waals surface area contributed by atoms with E-state index in [-0.39, 0.29) is 10.6 Å². The number of benzene rings is 1. The summed E-state index contributed by atoms with van der Waals surface area (Å²) in [6.07, 6.45) is -4.94. The second kappa shape index (κ2) is 5.36. The van der Waals surface area contributed by atoms with Crippen LogP contribution in [0.2, 0.25) is 5.02 Å². The van der Waals surface area contributed by atoms with Crippen LogP contribution in [0.25, 0.3) is 0 Å². The zero-order valence-corrected chi connectivity index (χ0v) is 11.3. The van der Waals surface area contributed by atoms with Crippen LogP contribution in [0.1, 0.15) is 16.1 Å². The molecule has 0 radical (unpaired) electrons. The number of anilines is 1. The number of rotatable bonds is 2. The van der Waals surface area contributed by atoms with Gasteiger partial charge in [0, 0.05) is 17.6 Å². The Hall–Kier alpha value is -2.09. The van der Waals surface area contributed by atoms with Crippen molar-refractivity contribution in [2.75, 3.05) is 5.32 Å². The largest absolute Gasteiger partial charge is 0.438 e. The van der Waals surface area contributed by atoms with Crippen LogP contribution < -0.4 is 5.32 Å². The van der Waals surface area contributed by atoms with Crippen LogP contribution in [-0.2, 0) is 13.2 Å². The van der Waals surface area contributed by atoms with Crippen LogP contribution in [0.5, 0.6) is 0 Å². The third-order valence-electron chi connectivity index (χ3n) is 2.58. The van der Waals surface area contributed by atoms with Gasteiger partial charge in [-0.15, -0.1) is 0 Å². The van der Waals surface area contributed by atoms with Gasteiger partial charge in [-0.1, -0.05) is 17.7 Å². The van der Waals surface area contributed by atoms with Gasteiger partial charge in [0.25, 0.3) is 5.91 Å². The first kappa shape index (κ1) is 15.3. The summed E-state index contributed by atoms with van der Waals surface area (Å²) >= 11 is 5.70. The lowest BCUT2D eigenvalue weighted by molar-refractivity contribution is -0.143. The SMILES string of the molecule is Cn1nc(C(F)(F)F)c(F)c1NC(=O)c1cccc(Cl)c1. The maximum absolute atomic E-state index is 13.7. The lowest BCUT2D eigenvalue weighted by Crippen LogP contribution is -2.15. The van der Waals surface area contributed by atoms with Crippen molar-refractivity contribution in [3.05, 3.63) is 46.4 Å². The normalized spacial score (nSPS) is 11.5. The molecule has 0 spiro atoms. The fourth-order valence-electron chi connectivity index (χ4n) is 1.62. The summed E-state index contributed by atoms with van der Waals surface area (Å²) in [5, 5.41) is 5.33. The minimum absolute atomic E-state index is 0.0802. The molecule has 0 bridgehead atoms. The van der Waals surface area contributed by atoms with Crippen LogP contribution in [0.15, 0.2) is 24.3 Å². The molecule has 9 heteroatoms. The Kier molecular flexibility index (Phi) is 3.91. The quantitative estimate of drug-likeness (QED) is 0.861. The number of alkyl halides is 3. The van der Waals surface area contributed by atoms with E-state index >= 15 is 0 Å². The second-order valence-corrected chi connectivity index (χ2v) is 4.53. The number of nitrogens with one attached hydrogen (secondary N) is 1. The topological polar surface area (TPSA) is 46.9 Å². The Bertz CT molecular complexity index is 696. The van der Waals surface area contributed by atoms with Gasteiger partial charge < -0.3 is 5.32 Å². The first-order valence-corrected chi connectivity index (χ1v) is 5.94. The highest BCUT2D eigenvalue weighted by Crippen LogP contribution is 2.33. The van der Waals surface area contributed by atoms with E-state index in [0.717, 1.165) is 7.05 Å². The summed E-state index contributed by atoms with van der Waals surface area (Å²) in [5.74, 6) is -3.11. The molecule has 2 aromatic rings. The van der Waals surface area contributed by atoms with Gasteiger partial charge in [0.15, 0.2) is 11.6 Å². The Balaban J connectivity index is 2.32. The number of amides is 1. The number of nitrogens with zero attached hydrogens (tertiary/aromatic N) is 2. The standard InChI is InChI=1S/C12H8ClF4N3O/c1-20-10(8(14)9(19-20)12(15,16)17)18-11(21)6-3-2-4-7(13)5-6/h2-5H,1H3,(H,18,21). The zero-order chi connectivity index (χ0) is 15.8. The van der Waals surface area contributed by atoms with Crippen molar-refractivity contribution < 1.29 is 22.4 Å². The molecule has 0 aliphatic rings. The molecular formula is C12H8ClF4N3O. The lowest BCUT2D eigenvalue weighted by atomic mass is 10.2. The molecule has 0 fully saturated rings. The number of carbonyl (C=O) groups is 1. The zero-order valence-electron chi connectivity index (χ0n) is 10.5. The molecule has 21 heavy (non-hydrogen) atoms. The average molecular weight is 322 g/mol. The fraction of sp³-hybridized carbons (Fsp3) is 0.167. The molecule has 1 aromatic heterocycles. The van der Waals surface area contributed by atoms with E-state index in [1.54, 1.807) is 0 Å². The van der Waals surface area contributed by atoms with Crippen LogP contribution in [0.4, 0.5) is 23.4 Å². The predicted octanol–water partition coefficient (Wildman–Crippen LogP) is 3.48. The molecule has 4 nitrogen and oxygen atoms in total. The van der Waals surface area contributed by atoms with Crippen molar-refractivity contribution >= 4 is 23.3 Å². The van der Waals surface area contributed by atoms with Crippen molar-refractivity contribution in [1.82, 2.24) is 9.78 Å². The summed E-state index contributed by atoms with van der Waals surface area (Å²) < 4.78 is 51.8. The molecular weight excluding hydrogens is 314 g/mol. The number of aromatic nitrogens is 2. The molecule has 0 atom stereocenters. The molecule has 112 valence electrons. The number of aryl methyl sites for hydroxylation is 1. The molecule has 0 saturated heterocycles. The van der Waals surface area contributed by atoms with Crippen molar-refractivity contribution in [2.24, 2.45) is 7.05 Å². The van der Waals surface area contributed by atoms with Gasteiger partial charge in [-0.3, -0.25) is 4.79 Å². The molecule has 0 saturated carbocycles. The van der Waals surface area contributed by atoms with E-state index in [4.69, 9.17) is 11.6 Å². The van der Waals surface area contributed by atoms with Gasteiger partial charge >= 0.3 is 6.18 Å². The van der Waals surface area contributed by atoms with Crippen molar-refractivity contribution in [1.29, 1.82) is 0 Å². The fourth-order valence-corrected chi connectivity index (χ4v) is 1.81. The molecule has 1 amide bonds. The monoisotopic (exact) mass is 321 g/mol. The number of hydrogen-bond acceptors (Lipinski definition) is 2. The molecule has 1 N–H and O–H groups in total. The number of hydrogen-bond donors (Lipinski definition) is 1. The van der Waals surface area contributed by atoms with Gasteiger partial charge in [-0.25, -0.2) is 9.07 Å². The van der Waals surface area contributed by atoms with Gasteiger partial charge in [0.05, 0.1) is 0 Å². The first-order chi connectivity index (χ1) is 9.70.